The normalized spacial score (nSPS) is 22.4. The zero-order chi connectivity index (χ0) is 22.0. The number of nitrogens with zero attached hydrogens (tertiary/aromatic N) is 3. The number of aryl methyl sites for hydroxylation is 1. The van der Waals surface area contributed by atoms with Crippen molar-refractivity contribution in [2.75, 3.05) is 18.0 Å². The number of hydrogen-bond donors (Lipinski definition) is 1. The molecule has 164 valence electrons. The average molecular weight is 431 g/mol. The summed E-state index contributed by atoms with van der Waals surface area (Å²) >= 11 is 0. The van der Waals surface area contributed by atoms with Gasteiger partial charge in [-0.05, 0) is 67.3 Å². The van der Waals surface area contributed by atoms with Crippen molar-refractivity contribution in [3.8, 4) is 5.75 Å². The molecule has 0 amide bonds. The highest BCUT2D eigenvalue weighted by Crippen LogP contribution is 2.35. The van der Waals surface area contributed by atoms with Crippen molar-refractivity contribution < 1.29 is 23.0 Å². The number of β-amino-alcohol motifs (C(OH)–C–C–N with tert-alkyl or cyclic N) is 1. The van der Waals surface area contributed by atoms with Crippen molar-refractivity contribution in [2.45, 2.75) is 38.4 Å². The van der Waals surface area contributed by atoms with Crippen LogP contribution < -0.4 is 9.64 Å². The van der Waals surface area contributed by atoms with Crippen LogP contribution in [0.2, 0.25) is 0 Å². The maximum absolute atomic E-state index is 12.5. The molecule has 0 bridgehead atoms. The Morgan fingerprint density at radius 2 is 1.90 bits per heavy atom. The highest BCUT2D eigenvalue weighted by Gasteiger charge is 2.34. The molecule has 1 aromatic heterocycles. The van der Waals surface area contributed by atoms with Crippen molar-refractivity contribution in [3.05, 3.63) is 72.2 Å². The summed E-state index contributed by atoms with van der Waals surface area (Å²) in [7, 11) is 0. The Hall–Kier alpha value is -2.84. The number of benzene rings is 1. The van der Waals surface area contributed by atoms with Crippen LogP contribution in [0.1, 0.15) is 24.1 Å². The van der Waals surface area contributed by atoms with Crippen LogP contribution in [-0.2, 0) is 0 Å². The van der Waals surface area contributed by atoms with Crippen LogP contribution in [0.3, 0.4) is 0 Å². The molecular formula is C23H24F3N3O2. The van der Waals surface area contributed by atoms with E-state index in [1.165, 1.54) is 12.1 Å². The monoisotopic (exact) mass is 431 g/mol. The largest absolute Gasteiger partial charge is 0.573 e. The van der Waals surface area contributed by atoms with Gasteiger partial charge in [-0.25, -0.2) is 0 Å². The minimum atomic E-state index is -4.73. The van der Waals surface area contributed by atoms with Crippen LogP contribution in [0.5, 0.6) is 5.75 Å². The number of likely N-dealkylation sites (tertiary alicyclic amines) is 1. The smallest absolute Gasteiger partial charge is 0.406 e. The van der Waals surface area contributed by atoms with Crippen LogP contribution in [0, 0.1) is 6.92 Å². The second-order valence-electron chi connectivity index (χ2n) is 7.77. The lowest BCUT2D eigenvalue weighted by molar-refractivity contribution is -0.274. The summed E-state index contributed by atoms with van der Waals surface area (Å²) in [5.74, 6) is -0.263. The molecule has 8 heteroatoms. The first-order valence-corrected chi connectivity index (χ1v) is 10.2. The standard InChI is InChI=1S/C23H24F3N3O2/c1-16-6-7-17(14-27-16)21-5-3-13-29(22(21)28-12-2-4-19(30)15-28)18-8-10-20(11-9-18)31-23(24,25)26/h3,5-11,13-14,19,22,30H,2,4,12,15H2,1H3/t19?,22-/m0/s1. The number of ether oxygens (including phenoxy) is 1. The molecule has 31 heavy (non-hydrogen) atoms. The zero-order valence-electron chi connectivity index (χ0n) is 17.1. The van der Waals surface area contributed by atoms with Gasteiger partial charge in [0.1, 0.15) is 11.9 Å². The molecule has 1 N–H and O–H groups in total. The van der Waals surface area contributed by atoms with E-state index in [0.717, 1.165) is 41.9 Å². The van der Waals surface area contributed by atoms with Gasteiger partial charge in [0, 0.05) is 36.9 Å². The van der Waals surface area contributed by atoms with E-state index in [9.17, 15) is 18.3 Å². The lowest BCUT2D eigenvalue weighted by atomic mass is 9.97. The first-order valence-electron chi connectivity index (χ1n) is 10.2. The third-order valence-electron chi connectivity index (χ3n) is 5.45. The number of hydrogen-bond acceptors (Lipinski definition) is 5. The predicted molar refractivity (Wildman–Crippen MR) is 112 cm³/mol. The van der Waals surface area contributed by atoms with Crippen LogP contribution in [0.25, 0.3) is 5.57 Å². The Bertz CT molecular complexity index is 956. The summed E-state index contributed by atoms with van der Waals surface area (Å²) in [5.41, 5.74) is 3.61. The van der Waals surface area contributed by atoms with E-state index in [1.54, 1.807) is 12.1 Å². The Morgan fingerprint density at radius 3 is 2.55 bits per heavy atom. The SMILES string of the molecule is Cc1ccc(C2=CC=CN(c3ccc(OC(F)(F)F)cc3)[C@@H]2N2CCCC(O)C2)cn1. The number of piperidine rings is 1. The fraction of sp³-hybridized carbons (Fsp3) is 0.348. The zero-order valence-corrected chi connectivity index (χ0v) is 17.1. The third kappa shape index (κ3) is 5.08. The van der Waals surface area contributed by atoms with Crippen LogP contribution >= 0.6 is 0 Å². The second kappa shape index (κ2) is 8.72. The number of rotatable bonds is 4. The number of aliphatic hydroxyl groups is 1. The second-order valence-corrected chi connectivity index (χ2v) is 7.77. The van der Waals surface area contributed by atoms with Gasteiger partial charge in [-0.1, -0.05) is 12.1 Å². The number of anilines is 1. The lowest BCUT2D eigenvalue weighted by Gasteiger charge is -2.44. The number of aromatic nitrogens is 1. The molecule has 2 aliphatic heterocycles. The molecule has 1 fully saturated rings. The van der Waals surface area contributed by atoms with Gasteiger partial charge in [-0.15, -0.1) is 13.2 Å². The van der Waals surface area contributed by atoms with Crippen LogP contribution in [0.15, 0.2) is 60.9 Å². The molecule has 4 rings (SSSR count). The molecule has 1 unspecified atom stereocenters. The van der Waals surface area contributed by atoms with Gasteiger partial charge < -0.3 is 14.7 Å². The summed E-state index contributed by atoms with van der Waals surface area (Å²) in [6.07, 6.45) is 3.92. The Balaban J connectivity index is 1.68. The van der Waals surface area contributed by atoms with E-state index in [4.69, 9.17) is 0 Å². The average Bonchev–Trinajstić information content (AvgIpc) is 2.73. The minimum Gasteiger partial charge on any atom is -0.406 e. The number of halogens is 3. The van der Waals surface area contributed by atoms with Crippen LogP contribution in [-0.4, -0.2) is 46.7 Å². The van der Waals surface area contributed by atoms with E-state index in [0.29, 0.717) is 6.54 Å². The number of aliphatic hydroxyl groups excluding tert-OH is 1. The van der Waals surface area contributed by atoms with Gasteiger partial charge in [0.05, 0.1) is 6.10 Å². The van der Waals surface area contributed by atoms with E-state index in [1.807, 2.05) is 48.5 Å². The summed E-state index contributed by atoms with van der Waals surface area (Å²) in [6, 6.07) is 9.79. The van der Waals surface area contributed by atoms with E-state index >= 15 is 0 Å². The highest BCUT2D eigenvalue weighted by atomic mass is 19.4. The molecule has 0 aliphatic carbocycles. The van der Waals surface area contributed by atoms with Crippen molar-refractivity contribution in [3.63, 3.8) is 0 Å². The summed E-state index contributed by atoms with van der Waals surface area (Å²) in [4.78, 5) is 8.62. The molecular weight excluding hydrogens is 407 g/mol. The first-order chi connectivity index (χ1) is 14.8. The molecule has 0 saturated carbocycles. The molecule has 1 saturated heterocycles. The van der Waals surface area contributed by atoms with Gasteiger partial charge in [0.25, 0.3) is 0 Å². The fourth-order valence-electron chi connectivity index (χ4n) is 4.07. The number of allylic oxidation sites excluding steroid dienone is 2. The molecule has 2 atom stereocenters. The molecule has 0 spiro atoms. The molecule has 1 aromatic carbocycles. The Labute approximate surface area is 179 Å². The number of alkyl halides is 3. The van der Waals surface area contributed by atoms with Crippen molar-refractivity contribution >= 4 is 11.3 Å². The molecule has 3 heterocycles. The van der Waals surface area contributed by atoms with E-state index in [2.05, 4.69) is 14.6 Å². The van der Waals surface area contributed by atoms with Gasteiger partial charge in [0.2, 0.25) is 0 Å². The summed E-state index contributed by atoms with van der Waals surface area (Å²) in [6.45, 7) is 3.24. The maximum Gasteiger partial charge on any atom is 0.573 e. The van der Waals surface area contributed by atoms with Gasteiger partial charge in [-0.2, -0.15) is 0 Å². The van der Waals surface area contributed by atoms with Gasteiger partial charge in [-0.3, -0.25) is 9.88 Å². The summed E-state index contributed by atoms with van der Waals surface area (Å²) in [5, 5.41) is 10.3. The Kier molecular flexibility index (Phi) is 6.02. The lowest BCUT2D eigenvalue weighted by Crippen LogP contribution is -2.52. The van der Waals surface area contributed by atoms with Crippen LogP contribution in [0.4, 0.5) is 18.9 Å². The van der Waals surface area contributed by atoms with Crippen molar-refractivity contribution in [1.29, 1.82) is 0 Å². The fourth-order valence-corrected chi connectivity index (χ4v) is 4.07. The quantitative estimate of drug-likeness (QED) is 0.773. The van der Waals surface area contributed by atoms with Crippen molar-refractivity contribution in [1.82, 2.24) is 9.88 Å². The van der Waals surface area contributed by atoms with Gasteiger partial charge >= 0.3 is 6.36 Å². The molecule has 2 aliphatic rings. The molecule has 5 nitrogen and oxygen atoms in total. The maximum atomic E-state index is 12.5. The molecule has 0 radical (unpaired) electrons. The van der Waals surface area contributed by atoms with E-state index in [-0.39, 0.29) is 11.9 Å². The van der Waals surface area contributed by atoms with E-state index < -0.39 is 12.5 Å². The topological polar surface area (TPSA) is 48.8 Å². The summed E-state index contributed by atoms with van der Waals surface area (Å²) < 4.78 is 41.6. The third-order valence-corrected chi connectivity index (χ3v) is 5.45. The van der Waals surface area contributed by atoms with Crippen molar-refractivity contribution in [2.24, 2.45) is 0 Å². The number of pyridine rings is 1. The highest BCUT2D eigenvalue weighted by molar-refractivity contribution is 5.76. The minimum absolute atomic E-state index is 0.223. The molecule has 2 aromatic rings. The predicted octanol–water partition coefficient (Wildman–Crippen LogP) is 4.49. The first kappa shape index (κ1) is 21.4. The van der Waals surface area contributed by atoms with Gasteiger partial charge in [0.15, 0.2) is 0 Å². The Morgan fingerprint density at radius 1 is 1.13 bits per heavy atom.